The molecule has 0 fully saturated rings. The second kappa shape index (κ2) is 9.27. The van der Waals surface area contributed by atoms with Crippen molar-refractivity contribution in [1.82, 2.24) is 9.55 Å². The number of imidazole rings is 1. The summed E-state index contributed by atoms with van der Waals surface area (Å²) >= 11 is 0. The molecule has 3 aromatic carbocycles. The lowest BCUT2D eigenvalue weighted by Crippen LogP contribution is -2.18. The second-order valence-electron chi connectivity index (χ2n) is 7.54. The maximum atomic E-state index is 9.87. The van der Waals surface area contributed by atoms with Crippen molar-refractivity contribution >= 4 is 22.9 Å². The van der Waals surface area contributed by atoms with E-state index in [0.29, 0.717) is 12.4 Å². The molecule has 0 unspecified atom stereocenters. The molecule has 0 saturated heterocycles. The fourth-order valence-corrected chi connectivity index (χ4v) is 3.72. The topological polar surface area (TPSA) is 57.2 Å². The molecule has 0 aliphatic heterocycles. The Morgan fingerprint density at radius 2 is 1.74 bits per heavy atom. The first kappa shape index (κ1) is 20.4. The number of aliphatic imine (C=N–C) groups is 1. The summed E-state index contributed by atoms with van der Waals surface area (Å²) in [5.41, 5.74) is 5.98. The van der Waals surface area contributed by atoms with Gasteiger partial charge in [-0.2, -0.15) is 5.26 Å². The van der Waals surface area contributed by atoms with Crippen LogP contribution in [0.3, 0.4) is 0 Å². The van der Waals surface area contributed by atoms with Crippen molar-refractivity contribution < 1.29 is 0 Å². The first-order chi connectivity index (χ1) is 15.2. The summed E-state index contributed by atoms with van der Waals surface area (Å²) in [6.07, 6.45) is 4.93. The average molecular weight is 408 g/mol. The summed E-state index contributed by atoms with van der Waals surface area (Å²) in [6, 6.07) is 24.5. The van der Waals surface area contributed by atoms with Crippen LogP contribution in [0.25, 0.3) is 22.2 Å². The van der Waals surface area contributed by atoms with Gasteiger partial charge in [0, 0.05) is 31.4 Å². The van der Waals surface area contributed by atoms with Gasteiger partial charge >= 0.3 is 0 Å². The van der Waals surface area contributed by atoms with Crippen LogP contribution in [-0.4, -0.2) is 35.9 Å². The van der Waals surface area contributed by atoms with Crippen LogP contribution < -0.4 is 4.90 Å². The normalized spacial score (nSPS) is 11.1. The molecule has 0 spiro atoms. The molecule has 1 aromatic heterocycles. The number of aryl methyl sites for hydroxylation is 1. The zero-order chi connectivity index (χ0) is 21.6. The Labute approximate surface area is 182 Å². The van der Waals surface area contributed by atoms with Crippen LogP contribution in [0, 0.1) is 18.4 Å². The molecule has 31 heavy (non-hydrogen) atoms. The first-order valence-electron chi connectivity index (χ1n) is 10.4. The van der Waals surface area contributed by atoms with Gasteiger partial charge in [0.2, 0.25) is 0 Å². The summed E-state index contributed by atoms with van der Waals surface area (Å²) in [5.74, 6) is 0.570. The summed E-state index contributed by atoms with van der Waals surface area (Å²) in [6.45, 7) is 3.61. The van der Waals surface area contributed by atoms with E-state index in [2.05, 4.69) is 59.5 Å². The number of benzene rings is 3. The molecular formula is C26H25N5. The van der Waals surface area contributed by atoms with E-state index in [1.54, 1.807) is 10.8 Å². The van der Waals surface area contributed by atoms with Gasteiger partial charge in [-0.3, -0.25) is 4.99 Å². The minimum atomic E-state index is 0.570. The lowest BCUT2D eigenvalue weighted by Gasteiger charge is -2.18. The minimum absolute atomic E-state index is 0.570. The van der Waals surface area contributed by atoms with Crippen molar-refractivity contribution in [3.63, 3.8) is 0 Å². The van der Waals surface area contributed by atoms with Gasteiger partial charge in [0.25, 0.3) is 0 Å². The van der Waals surface area contributed by atoms with Crippen molar-refractivity contribution in [2.24, 2.45) is 4.99 Å². The number of nitrogens with zero attached hydrogens (tertiary/aromatic N) is 5. The van der Waals surface area contributed by atoms with E-state index in [-0.39, 0.29) is 0 Å². The molecule has 0 N–H and O–H groups in total. The van der Waals surface area contributed by atoms with Gasteiger partial charge in [-0.15, -0.1) is 0 Å². The second-order valence-corrected chi connectivity index (χ2v) is 7.54. The highest BCUT2D eigenvalue weighted by Gasteiger charge is 2.16. The molecule has 0 aliphatic carbocycles. The zero-order valence-electron chi connectivity index (χ0n) is 17.9. The molecule has 0 amide bonds. The Balaban J connectivity index is 1.54. The number of rotatable bonds is 7. The quantitative estimate of drug-likeness (QED) is 0.309. The Hall–Kier alpha value is -3.91. The molecule has 0 aliphatic rings. The van der Waals surface area contributed by atoms with Gasteiger partial charge in [0.15, 0.2) is 12.0 Å². The molecule has 5 heteroatoms. The summed E-state index contributed by atoms with van der Waals surface area (Å²) in [4.78, 5) is 11.5. The molecule has 0 saturated carbocycles. The standard InChI is InChI=1S/C26H25N5/c1-20-14-15-23(21-10-5-3-6-11-21)26-25(20)29-24(31(26)19-27)18-28-16-9-17-30(2)22-12-7-4-8-13-22/h3-8,10-15,18H,9,16-17H2,1-2H3. The molecule has 154 valence electrons. The third-order valence-electron chi connectivity index (χ3n) is 5.40. The predicted octanol–water partition coefficient (Wildman–Crippen LogP) is 5.29. The number of fused-ring (bicyclic) bond motifs is 1. The largest absolute Gasteiger partial charge is 0.375 e. The molecule has 1 heterocycles. The fraction of sp³-hybridized carbons (Fsp3) is 0.192. The van der Waals surface area contributed by atoms with E-state index in [1.165, 1.54) is 5.69 Å². The van der Waals surface area contributed by atoms with Crippen LogP contribution in [-0.2, 0) is 0 Å². The molecule has 4 aromatic rings. The Bertz CT molecular complexity index is 1230. The highest BCUT2D eigenvalue weighted by Crippen LogP contribution is 2.30. The van der Waals surface area contributed by atoms with Crippen molar-refractivity contribution in [2.45, 2.75) is 13.3 Å². The lowest BCUT2D eigenvalue weighted by molar-refractivity contribution is 0.797. The number of aromatic nitrogens is 2. The molecule has 0 atom stereocenters. The summed E-state index contributed by atoms with van der Waals surface area (Å²) < 4.78 is 1.59. The number of anilines is 1. The summed E-state index contributed by atoms with van der Waals surface area (Å²) in [5, 5.41) is 9.87. The van der Waals surface area contributed by atoms with Crippen LogP contribution in [0.2, 0.25) is 0 Å². The lowest BCUT2D eigenvalue weighted by atomic mass is 10.0. The van der Waals surface area contributed by atoms with Crippen LogP contribution in [0.1, 0.15) is 17.8 Å². The van der Waals surface area contributed by atoms with E-state index in [9.17, 15) is 5.26 Å². The van der Waals surface area contributed by atoms with E-state index >= 15 is 0 Å². The smallest absolute Gasteiger partial charge is 0.190 e. The number of nitriles is 1. The highest BCUT2D eigenvalue weighted by molar-refractivity contribution is 5.97. The minimum Gasteiger partial charge on any atom is -0.375 e. The van der Waals surface area contributed by atoms with Crippen LogP contribution in [0.15, 0.2) is 77.8 Å². The molecule has 5 nitrogen and oxygen atoms in total. The Morgan fingerprint density at radius 1 is 1.03 bits per heavy atom. The van der Waals surface area contributed by atoms with Crippen molar-refractivity contribution in [3.8, 4) is 17.3 Å². The van der Waals surface area contributed by atoms with E-state index in [4.69, 9.17) is 4.98 Å². The maximum absolute atomic E-state index is 9.87. The van der Waals surface area contributed by atoms with E-state index in [0.717, 1.165) is 40.7 Å². The van der Waals surface area contributed by atoms with E-state index in [1.807, 2.05) is 43.3 Å². The van der Waals surface area contributed by atoms with Gasteiger partial charge in [-0.25, -0.2) is 9.55 Å². The van der Waals surface area contributed by atoms with E-state index < -0.39 is 0 Å². The average Bonchev–Trinajstić information content (AvgIpc) is 3.19. The molecule has 4 rings (SSSR count). The predicted molar refractivity (Wildman–Crippen MR) is 128 cm³/mol. The SMILES string of the molecule is Cc1ccc(-c2ccccc2)c2c1nc(C=NCCCN(C)c1ccccc1)n2C#N. The van der Waals surface area contributed by atoms with Gasteiger partial charge in [0.05, 0.1) is 17.2 Å². The maximum Gasteiger partial charge on any atom is 0.190 e. The Kier molecular flexibility index (Phi) is 6.09. The fourth-order valence-electron chi connectivity index (χ4n) is 3.72. The van der Waals surface area contributed by atoms with Gasteiger partial charge < -0.3 is 4.90 Å². The van der Waals surface area contributed by atoms with Crippen LogP contribution in [0.4, 0.5) is 5.69 Å². The number of hydrogen-bond donors (Lipinski definition) is 0. The third-order valence-corrected chi connectivity index (χ3v) is 5.40. The molecule has 0 bridgehead atoms. The summed E-state index contributed by atoms with van der Waals surface area (Å²) in [7, 11) is 2.09. The number of hydrogen-bond acceptors (Lipinski definition) is 4. The highest BCUT2D eigenvalue weighted by atomic mass is 15.1. The molecule has 0 radical (unpaired) electrons. The first-order valence-corrected chi connectivity index (χ1v) is 10.4. The third kappa shape index (κ3) is 4.34. The van der Waals surface area contributed by atoms with Crippen molar-refractivity contribution in [2.75, 3.05) is 25.0 Å². The monoisotopic (exact) mass is 407 g/mol. The van der Waals surface area contributed by atoms with Crippen molar-refractivity contribution in [1.29, 1.82) is 5.26 Å². The number of para-hydroxylation sites is 1. The van der Waals surface area contributed by atoms with Crippen LogP contribution >= 0.6 is 0 Å². The van der Waals surface area contributed by atoms with Gasteiger partial charge in [-0.05, 0) is 36.6 Å². The Morgan fingerprint density at radius 3 is 2.45 bits per heavy atom. The van der Waals surface area contributed by atoms with Gasteiger partial charge in [-0.1, -0.05) is 60.7 Å². The molecular weight excluding hydrogens is 382 g/mol. The zero-order valence-corrected chi connectivity index (χ0v) is 17.9. The van der Waals surface area contributed by atoms with Crippen LogP contribution in [0.5, 0.6) is 0 Å². The van der Waals surface area contributed by atoms with Gasteiger partial charge in [0.1, 0.15) is 0 Å². The van der Waals surface area contributed by atoms with Crippen molar-refractivity contribution in [3.05, 3.63) is 84.2 Å².